The summed E-state index contributed by atoms with van der Waals surface area (Å²) < 4.78 is 6.92. The molecule has 6 nitrogen and oxygen atoms in total. The topological polar surface area (TPSA) is 68.5 Å². The minimum Gasteiger partial charge on any atom is -0.497 e. The summed E-state index contributed by atoms with van der Waals surface area (Å²) in [4.78, 5) is 16.9. The second-order valence-electron chi connectivity index (χ2n) is 6.01. The zero-order chi connectivity index (χ0) is 16.5. The van der Waals surface area contributed by atoms with Crippen LogP contribution < -0.4 is 10.1 Å². The van der Waals surface area contributed by atoms with Crippen molar-refractivity contribution >= 4 is 17.2 Å². The van der Waals surface area contributed by atoms with Crippen molar-refractivity contribution in [2.24, 2.45) is 0 Å². The van der Waals surface area contributed by atoms with E-state index in [0.29, 0.717) is 17.3 Å². The van der Waals surface area contributed by atoms with Crippen LogP contribution in [-0.4, -0.2) is 27.6 Å². The molecule has 1 N–H and O–H groups in total. The number of benzene rings is 1. The number of hydrogen-bond donors (Lipinski definition) is 1. The molecule has 2 aromatic heterocycles. The number of fused-ring (bicyclic) bond motifs is 1. The van der Waals surface area contributed by atoms with Crippen LogP contribution in [-0.2, 0) is 11.2 Å². The maximum atomic E-state index is 12.4. The van der Waals surface area contributed by atoms with Crippen LogP contribution in [0.4, 0.5) is 5.69 Å². The number of hydrogen-bond acceptors (Lipinski definition) is 4. The van der Waals surface area contributed by atoms with E-state index < -0.39 is 0 Å². The van der Waals surface area contributed by atoms with Gasteiger partial charge in [-0.15, -0.1) is 0 Å². The first-order valence-corrected chi connectivity index (χ1v) is 8.01. The van der Waals surface area contributed by atoms with E-state index in [0.717, 1.165) is 30.0 Å². The summed E-state index contributed by atoms with van der Waals surface area (Å²) in [6.45, 7) is 0. The molecule has 1 aliphatic rings. The van der Waals surface area contributed by atoms with Gasteiger partial charge in [-0.05, 0) is 42.7 Å². The van der Waals surface area contributed by atoms with Gasteiger partial charge in [-0.3, -0.25) is 4.79 Å². The van der Waals surface area contributed by atoms with Gasteiger partial charge in [0.15, 0.2) is 11.5 Å². The summed E-state index contributed by atoms with van der Waals surface area (Å²) >= 11 is 0. The maximum Gasteiger partial charge on any atom is 0.228 e. The van der Waals surface area contributed by atoms with Gasteiger partial charge in [-0.1, -0.05) is 12.1 Å². The van der Waals surface area contributed by atoms with Crippen molar-refractivity contribution in [3.8, 4) is 5.75 Å². The van der Waals surface area contributed by atoms with Crippen LogP contribution in [0.3, 0.4) is 0 Å². The molecule has 24 heavy (non-hydrogen) atoms. The van der Waals surface area contributed by atoms with E-state index in [9.17, 15) is 4.79 Å². The quantitative estimate of drug-likeness (QED) is 0.784. The van der Waals surface area contributed by atoms with E-state index in [4.69, 9.17) is 4.74 Å². The van der Waals surface area contributed by atoms with E-state index in [2.05, 4.69) is 15.4 Å². The van der Waals surface area contributed by atoms with Gasteiger partial charge in [0.1, 0.15) is 5.75 Å². The van der Waals surface area contributed by atoms with Crippen molar-refractivity contribution in [2.75, 3.05) is 12.4 Å². The number of rotatable bonds is 5. The molecule has 122 valence electrons. The van der Waals surface area contributed by atoms with Crippen LogP contribution in [0.1, 0.15) is 30.1 Å². The Bertz CT molecular complexity index is 899. The van der Waals surface area contributed by atoms with Gasteiger partial charge in [0, 0.05) is 12.1 Å². The number of amides is 1. The third-order valence-electron chi connectivity index (χ3n) is 4.09. The van der Waals surface area contributed by atoms with Crippen molar-refractivity contribution in [1.29, 1.82) is 0 Å². The average Bonchev–Trinajstić information content (AvgIpc) is 3.34. The Balaban J connectivity index is 1.53. The molecule has 0 bridgehead atoms. The second kappa shape index (κ2) is 5.96. The first-order chi connectivity index (χ1) is 11.7. The van der Waals surface area contributed by atoms with Gasteiger partial charge in [0.25, 0.3) is 0 Å². The average molecular weight is 322 g/mol. The lowest BCUT2D eigenvalue weighted by Crippen LogP contribution is -2.15. The van der Waals surface area contributed by atoms with Crippen LogP contribution in [0.5, 0.6) is 5.75 Å². The molecule has 2 heterocycles. The first kappa shape index (κ1) is 14.7. The molecule has 0 atom stereocenters. The monoisotopic (exact) mass is 322 g/mol. The predicted molar refractivity (Wildman–Crippen MR) is 90.3 cm³/mol. The van der Waals surface area contributed by atoms with E-state index in [-0.39, 0.29) is 12.3 Å². The maximum absolute atomic E-state index is 12.4. The Kier molecular flexibility index (Phi) is 3.65. The molecular weight excluding hydrogens is 304 g/mol. The Morgan fingerprint density at radius 1 is 1.33 bits per heavy atom. The van der Waals surface area contributed by atoms with Crippen molar-refractivity contribution in [3.63, 3.8) is 0 Å². The highest BCUT2D eigenvalue weighted by molar-refractivity contribution is 5.95. The lowest BCUT2D eigenvalue weighted by Gasteiger charge is -2.07. The first-order valence-electron chi connectivity index (χ1n) is 8.01. The largest absolute Gasteiger partial charge is 0.497 e. The lowest BCUT2D eigenvalue weighted by molar-refractivity contribution is -0.115. The normalized spacial score (nSPS) is 13.9. The van der Waals surface area contributed by atoms with E-state index >= 15 is 0 Å². The highest BCUT2D eigenvalue weighted by Gasteiger charge is 2.28. The third-order valence-corrected chi connectivity index (χ3v) is 4.09. The standard InChI is InChI=1S/C18H18N4O2/c1-24-14-5-2-4-12(10-14)11-16(23)19-15-6-3-9-22-18(15)20-17(21-22)13-7-8-13/h2-6,9-10,13H,7-8,11H2,1H3,(H,19,23). The summed E-state index contributed by atoms with van der Waals surface area (Å²) in [5.74, 6) is 2.00. The molecule has 0 radical (unpaired) electrons. The highest BCUT2D eigenvalue weighted by atomic mass is 16.5. The number of pyridine rings is 1. The van der Waals surface area contributed by atoms with Gasteiger partial charge in [-0.25, -0.2) is 9.50 Å². The molecule has 1 amide bonds. The highest BCUT2D eigenvalue weighted by Crippen LogP contribution is 2.38. The second-order valence-corrected chi connectivity index (χ2v) is 6.01. The Hall–Kier alpha value is -2.89. The SMILES string of the molecule is COc1cccc(CC(=O)Nc2cccn3nc(C4CC4)nc23)c1. The van der Waals surface area contributed by atoms with Crippen LogP contribution in [0.2, 0.25) is 0 Å². The zero-order valence-corrected chi connectivity index (χ0v) is 13.4. The number of ether oxygens (including phenoxy) is 1. The zero-order valence-electron chi connectivity index (χ0n) is 13.4. The number of methoxy groups -OCH3 is 1. The summed E-state index contributed by atoms with van der Waals surface area (Å²) in [5.41, 5.74) is 2.28. The molecule has 1 aromatic carbocycles. The fourth-order valence-corrected chi connectivity index (χ4v) is 2.70. The van der Waals surface area contributed by atoms with Crippen molar-refractivity contribution < 1.29 is 9.53 Å². The Morgan fingerprint density at radius 2 is 2.21 bits per heavy atom. The minimum absolute atomic E-state index is 0.0904. The molecule has 0 unspecified atom stereocenters. The van der Waals surface area contributed by atoms with E-state index in [1.807, 2.05) is 42.6 Å². The van der Waals surface area contributed by atoms with Crippen molar-refractivity contribution in [1.82, 2.24) is 14.6 Å². The van der Waals surface area contributed by atoms with E-state index in [1.165, 1.54) is 0 Å². The summed E-state index contributed by atoms with van der Waals surface area (Å²) in [6, 6.07) is 11.2. The molecule has 4 rings (SSSR count). The molecular formula is C18H18N4O2. The molecule has 3 aromatic rings. The van der Waals surface area contributed by atoms with Crippen molar-refractivity contribution in [3.05, 3.63) is 54.0 Å². The van der Waals surface area contributed by atoms with Gasteiger partial charge >= 0.3 is 0 Å². The third kappa shape index (κ3) is 2.95. The number of anilines is 1. The number of carbonyl (C=O) groups excluding carboxylic acids is 1. The Labute approximate surface area is 139 Å². The van der Waals surface area contributed by atoms with Crippen LogP contribution in [0.25, 0.3) is 5.65 Å². The molecule has 1 aliphatic carbocycles. The smallest absolute Gasteiger partial charge is 0.228 e. The molecule has 6 heteroatoms. The van der Waals surface area contributed by atoms with Gasteiger partial charge in [0.2, 0.25) is 5.91 Å². The summed E-state index contributed by atoms with van der Waals surface area (Å²) in [7, 11) is 1.61. The minimum atomic E-state index is -0.0904. The Morgan fingerprint density at radius 3 is 3.00 bits per heavy atom. The molecule has 0 aliphatic heterocycles. The van der Waals surface area contributed by atoms with Crippen LogP contribution >= 0.6 is 0 Å². The van der Waals surface area contributed by atoms with Crippen LogP contribution in [0.15, 0.2) is 42.6 Å². The van der Waals surface area contributed by atoms with Gasteiger partial charge < -0.3 is 10.1 Å². The fourth-order valence-electron chi connectivity index (χ4n) is 2.70. The summed E-state index contributed by atoms with van der Waals surface area (Å²) in [6.07, 6.45) is 4.43. The predicted octanol–water partition coefficient (Wildman–Crippen LogP) is 2.80. The van der Waals surface area contributed by atoms with Gasteiger partial charge in [-0.2, -0.15) is 5.10 Å². The number of nitrogens with zero attached hydrogens (tertiary/aromatic N) is 3. The van der Waals surface area contributed by atoms with Crippen molar-refractivity contribution in [2.45, 2.75) is 25.2 Å². The fraction of sp³-hybridized carbons (Fsp3) is 0.278. The number of carbonyl (C=O) groups is 1. The summed E-state index contributed by atoms with van der Waals surface area (Å²) in [5, 5.41) is 7.43. The molecule has 0 saturated heterocycles. The number of nitrogens with one attached hydrogen (secondary N) is 1. The van der Waals surface area contributed by atoms with Crippen LogP contribution in [0, 0.1) is 0 Å². The molecule has 0 spiro atoms. The molecule has 1 saturated carbocycles. The van der Waals surface area contributed by atoms with E-state index in [1.54, 1.807) is 11.6 Å². The molecule has 1 fully saturated rings. The number of aromatic nitrogens is 3. The van der Waals surface area contributed by atoms with Gasteiger partial charge in [0.05, 0.1) is 19.2 Å². The lowest BCUT2D eigenvalue weighted by atomic mass is 10.1.